The van der Waals surface area contributed by atoms with Crippen LogP contribution < -0.4 is 5.73 Å². The number of nitrogens with two attached hydrogens (primary N) is 1. The number of halogens is 3. The molecule has 3 N–H and O–H groups in total. The number of benzene rings is 2. The molecule has 1 aliphatic heterocycles. The lowest BCUT2D eigenvalue weighted by molar-refractivity contribution is -0.192. The molecule has 5 rings (SSSR count). The number of carboxylic acid groups (broad SMARTS) is 1. The van der Waals surface area contributed by atoms with Gasteiger partial charge < -0.3 is 10.8 Å². The van der Waals surface area contributed by atoms with Crippen molar-refractivity contribution in [2.45, 2.75) is 19.3 Å². The minimum Gasteiger partial charge on any atom is -0.475 e. The summed E-state index contributed by atoms with van der Waals surface area (Å²) in [7, 11) is 0. The molecule has 1 saturated heterocycles. The molecular weight excluding hydrogens is 513 g/mol. The van der Waals surface area contributed by atoms with E-state index < -0.39 is 18.1 Å². The molecule has 1 amide bonds. The summed E-state index contributed by atoms with van der Waals surface area (Å²) in [5, 5.41) is 12.6. The molecule has 12 heteroatoms. The Morgan fingerprint density at radius 1 is 0.897 bits per heavy atom. The van der Waals surface area contributed by atoms with Gasteiger partial charge >= 0.3 is 12.1 Å². The van der Waals surface area contributed by atoms with Crippen molar-refractivity contribution in [1.82, 2.24) is 24.6 Å². The fraction of sp³-hybridized carbons (Fsp3) is 0.259. The predicted molar refractivity (Wildman–Crippen MR) is 138 cm³/mol. The van der Waals surface area contributed by atoms with Crippen molar-refractivity contribution in [2.75, 3.05) is 26.2 Å². The molecule has 0 unspecified atom stereocenters. The summed E-state index contributed by atoms with van der Waals surface area (Å²) < 4.78 is 33.5. The minimum absolute atomic E-state index is 0.444. The average Bonchev–Trinajstić information content (AvgIpc) is 3.35. The SMILES string of the molecule is NC(=O)c1cccc2cn(-c3ccc(CN4CCN(Cc5ccccn5)CC4)cc3)nc12.O=C(O)C(F)(F)F. The second kappa shape index (κ2) is 12.0. The maximum atomic E-state index is 11.7. The highest BCUT2D eigenvalue weighted by atomic mass is 19.4. The van der Waals surface area contributed by atoms with Crippen molar-refractivity contribution in [1.29, 1.82) is 0 Å². The van der Waals surface area contributed by atoms with Crippen LogP contribution >= 0.6 is 0 Å². The van der Waals surface area contributed by atoms with E-state index in [-0.39, 0.29) is 0 Å². The van der Waals surface area contributed by atoms with Crippen LogP contribution in [0.3, 0.4) is 0 Å². The van der Waals surface area contributed by atoms with Crippen LogP contribution in [0.25, 0.3) is 16.6 Å². The Hall–Kier alpha value is -4.29. The van der Waals surface area contributed by atoms with Gasteiger partial charge in [0.2, 0.25) is 0 Å². The second-order valence-corrected chi connectivity index (χ2v) is 9.02. The third-order valence-electron chi connectivity index (χ3n) is 6.23. The number of carboxylic acids is 1. The first-order valence-electron chi connectivity index (χ1n) is 12.1. The monoisotopic (exact) mass is 540 g/mol. The first kappa shape index (κ1) is 27.7. The number of fused-ring (bicyclic) bond motifs is 1. The van der Waals surface area contributed by atoms with Gasteiger partial charge in [0.1, 0.15) is 5.52 Å². The smallest absolute Gasteiger partial charge is 0.475 e. The van der Waals surface area contributed by atoms with Crippen LogP contribution in [0.1, 0.15) is 21.6 Å². The van der Waals surface area contributed by atoms with E-state index in [1.54, 1.807) is 10.7 Å². The van der Waals surface area contributed by atoms with Gasteiger partial charge in [0, 0.05) is 57.0 Å². The first-order chi connectivity index (χ1) is 18.6. The van der Waals surface area contributed by atoms with E-state index in [2.05, 4.69) is 50.2 Å². The fourth-order valence-corrected chi connectivity index (χ4v) is 4.22. The molecule has 0 radical (unpaired) electrons. The maximum absolute atomic E-state index is 11.7. The van der Waals surface area contributed by atoms with E-state index in [4.69, 9.17) is 15.6 Å². The van der Waals surface area contributed by atoms with Crippen molar-refractivity contribution in [2.24, 2.45) is 5.73 Å². The van der Waals surface area contributed by atoms with Crippen molar-refractivity contribution < 1.29 is 27.9 Å². The fourth-order valence-electron chi connectivity index (χ4n) is 4.22. The normalized spacial score (nSPS) is 14.5. The Morgan fingerprint density at radius 3 is 2.10 bits per heavy atom. The third-order valence-corrected chi connectivity index (χ3v) is 6.23. The number of aliphatic carboxylic acids is 1. The summed E-state index contributed by atoms with van der Waals surface area (Å²) in [6.07, 6.45) is -1.30. The number of hydrogen-bond donors (Lipinski definition) is 2. The molecular formula is C27H27F3N6O3. The van der Waals surface area contributed by atoms with Crippen LogP contribution in [0.2, 0.25) is 0 Å². The van der Waals surface area contributed by atoms with Gasteiger partial charge in [-0.05, 0) is 35.9 Å². The second-order valence-electron chi connectivity index (χ2n) is 9.02. The summed E-state index contributed by atoms with van der Waals surface area (Å²) in [6, 6.07) is 20.0. The van der Waals surface area contributed by atoms with Crippen LogP contribution in [0.4, 0.5) is 13.2 Å². The Bertz CT molecular complexity index is 1420. The summed E-state index contributed by atoms with van der Waals surface area (Å²) in [6.45, 7) is 6.06. The van der Waals surface area contributed by atoms with Gasteiger partial charge in [-0.2, -0.15) is 18.3 Å². The molecule has 3 heterocycles. The van der Waals surface area contributed by atoms with Gasteiger partial charge in [-0.15, -0.1) is 0 Å². The summed E-state index contributed by atoms with van der Waals surface area (Å²) in [5.74, 6) is -3.22. The molecule has 0 aliphatic carbocycles. The molecule has 1 aliphatic rings. The quantitative estimate of drug-likeness (QED) is 0.385. The van der Waals surface area contributed by atoms with Gasteiger partial charge in [0.25, 0.3) is 5.91 Å². The predicted octanol–water partition coefficient (Wildman–Crippen LogP) is 3.47. The van der Waals surface area contributed by atoms with E-state index in [9.17, 15) is 18.0 Å². The largest absolute Gasteiger partial charge is 0.490 e. The molecule has 204 valence electrons. The molecule has 1 fully saturated rings. The van der Waals surface area contributed by atoms with Crippen LogP contribution in [0.5, 0.6) is 0 Å². The van der Waals surface area contributed by atoms with Crippen LogP contribution in [0.15, 0.2) is 73.1 Å². The summed E-state index contributed by atoms with van der Waals surface area (Å²) in [5.41, 5.74) is 9.93. The van der Waals surface area contributed by atoms with Crippen molar-refractivity contribution >= 4 is 22.8 Å². The number of nitrogens with zero attached hydrogens (tertiary/aromatic N) is 5. The van der Waals surface area contributed by atoms with Crippen LogP contribution in [0, 0.1) is 0 Å². The number of pyridine rings is 1. The maximum Gasteiger partial charge on any atom is 0.490 e. The number of carbonyl (C=O) groups is 2. The zero-order valence-corrected chi connectivity index (χ0v) is 20.9. The third kappa shape index (κ3) is 7.39. The molecule has 39 heavy (non-hydrogen) atoms. The molecule has 4 aromatic rings. The highest BCUT2D eigenvalue weighted by Gasteiger charge is 2.38. The van der Waals surface area contributed by atoms with Crippen molar-refractivity contribution in [3.05, 3.63) is 89.9 Å². The zero-order valence-electron chi connectivity index (χ0n) is 20.9. The van der Waals surface area contributed by atoms with E-state index in [1.807, 2.05) is 36.7 Å². The molecule has 2 aromatic carbocycles. The van der Waals surface area contributed by atoms with E-state index in [0.29, 0.717) is 11.1 Å². The zero-order chi connectivity index (χ0) is 28.0. The van der Waals surface area contributed by atoms with Crippen LogP contribution in [-0.2, 0) is 17.9 Å². The lowest BCUT2D eigenvalue weighted by atomic mass is 10.1. The number of hydrogen-bond acceptors (Lipinski definition) is 6. The highest BCUT2D eigenvalue weighted by molar-refractivity contribution is 6.04. The van der Waals surface area contributed by atoms with Crippen molar-refractivity contribution in [3.63, 3.8) is 0 Å². The number of piperazine rings is 1. The molecule has 0 atom stereocenters. The van der Waals surface area contributed by atoms with Gasteiger partial charge in [-0.3, -0.25) is 19.6 Å². The van der Waals surface area contributed by atoms with Crippen LogP contribution in [-0.4, -0.2) is 73.9 Å². The van der Waals surface area contributed by atoms with Gasteiger partial charge in [-0.1, -0.05) is 30.3 Å². The van der Waals surface area contributed by atoms with E-state index >= 15 is 0 Å². The van der Waals surface area contributed by atoms with Crippen molar-refractivity contribution in [3.8, 4) is 5.69 Å². The number of carbonyl (C=O) groups excluding carboxylic acids is 1. The first-order valence-corrected chi connectivity index (χ1v) is 12.1. The highest BCUT2D eigenvalue weighted by Crippen LogP contribution is 2.20. The lowest BCUT2D eigenvalue weighted by Gasteiger charge is -2.34. The van der Waals surface area contributed by atoms with Gasteiger partial charge in [0.15, 0.2) is 0 Å². The Balaban J connectivity index is 0.000000448. The number of rotatable bonds is 6. The standard InChI is InChI=1S/C25H26N6O.C2HF3O2/c26-25(32)23-6-3-4-20-17-31(28-24(20)23)22-9-7-19(8-10-22)16-29-12-14-30(15-13-29)18-21-5-1-2-11-27-21;3-2(4,5)1(6)7/h1-11,17H,12-16,18H2,(H2,26,32);(H,6,7). The van der Waals surface area contributed by atoms with E-state index in [1.165, 1.54) is 5.56 Å². The molecule has 2 aromatic heterocycles. The molecule has 9 nitrogen and oxygen atoms in total. The van der Waals surface area contributed by atoms with Gasteiger partial charge in [-0.25, -0.2) is 9.48 Å². The minimum atomic E-state index is -5.08. The summed E-state index contributed by atoms with van der Waals surface area (Å²) >= 11 is 0. The Labute approximate surface area is 222 Å². The van der Waals surface area contributed by atoms with E-state index in [0.717, 1.165) is 56.0 Å². The number of alkyl halides is 3. The lowest BCUT2D eigenvalue weighted by Crippen LogP contribution is -2.45. The van der Waals surface area contributed by atoms with Gasteiger partial charge in [0.05, 0.1) is 16.9 Å². The average molecular weight is 541 g/mol. The topological polar surface area (TPSA) is 118 Å². The molecule has 0 spiro atoms. The Morgan fingerprint density at radius 2 is 1.54 bits per heavy atom. The number of aromatic nitrogens is 3. The molecule has 0 bridgehead atoms. The number of primary amides is 1. The summed E-state index contributed by atoms with van der Waals surface area (Å²) in [4.78, 5) is 30.0. The molecule has 0 saturated carbocycles. The Kier molecular flexibility index (Phi) is 8.57. The number of amides is 1.